The molecule has 34 heavy (non-hydrogen) atoms. The molecule has 2 aromatic heterocycles. The molecule has 6 aromatic rings. The van der Waals surface area contributed by atoms with E-state index in [2.05, 4.69) is 4.98 Å². The van der Waals surface area contributed by atoms with Gasteiger partial charge in [0.1, 0.15) is 10.6 Å². The minimum atomic E-state index is -4.03. The molecule has 0 aliphatic carbocycles. The molecule has 0 bridgehead atoms. The van der Waals surface area contributed by atoms with Gasteiger partial charge in [-0.3, -0.25) is 4.79 Å². The number of hydrogen-bond donors (Lipinski definition) is 0. The van der Waals surface area contributed by atoms with Gasteiger partial charge in [0.05, 0.1) is 15.6 Å². The average molecular weight is 485 g/mol. The zero-order valence-electron chi connectivity index (χ0n) is 17.6. The summed E-state index contributed by atoms with van der Waals surface area (Å²) < 4.78 is 33.3. The first kappa shape index (κ1) is 20.6. The average Bonchev–Trinajstić information content (AvgIpc) is 3.34. The van der Waals surface area contributed by atoms with Crippen molar-refractivity contribution < 1.29 is 12.6 Å². The Morgan fingerprint density at radius 2 is 1.65 bits per heavy atom. The van der Waals surface area contributed by atoms with Gasteiger partial charge in [-0.15, -0.1) is 0 Å². The molecule has 0 atom stereocenters. The molecule has 0 N–H and O–H groups in total. The lowest BCUT2D eigenvalue weighted by atomic mass is 10.1. The first-order valence-corrected chi connectivity index (χ1v) is 12.7. The van der Waals surface area contributed by atoms with Gasteiger partial charge in [-0.25, -0.2) is 9.38 Å². The fourth-order valence-corrected chi connectivity index (χ4v) is 5.86. The van der Waals surface area contributed by atoms with Crippen molar-refractivity contribution in [3.63, 3.8) is 0 Å². The Labute approximate surface area is 198 Å². The van der Waals surface area contributed by atoms with Crippen molar-refractivity contribution in [2.45, 2.75) is 4.90 Å². The molecule has 0 aliphatic rings. The van der Waals surface area contributed by atoms with E-state index in [0.29, 0.717) is 15.1 Å². The first-order chi connectivity index (χ1) is 16.5. The molecule has 0 saturated carbocycles. The van der Waals surface area contributed by atoms with E-state index >= 15 is 0 Å². The predicted molar refractivity (Wildman–Crippen MR) is 134 cm³/mol. The van der Waals surface area contributed by atoms with Gasteiger partial charge in [0.15, 0.2) is 4.96 Å². The second kappa shape index (κ2) is 7.79. The number of aromatic nitrogens is 2. The fourth-order valence-electron chi connectivity index (χ4n) is 3.92. The van der Waals surface area contributed by atoms with Crippen molar-refractivity contribution >= 4 is 54.3 Å². The zero-order chi connectivity index (χ0) is 23.3. The normalized spacial score (nSPS) is 12.6. The lowest BCUT2D eigenvalue weighted by molar-refractivity contribution is 0.486. The Bertz CT molecular complexity index is 1940. The molecule has 6 nitrogen and oxygen atoms in total. The highest BCUT2D eigenvalue weighted by Gasteiger charge is 2.17. The van der Waals surface area contributed by atoms with Gasteiger partial charge >= 0.3 is 10.1 Å². The SMILES string of the molecule is O=c1/c(=C\c2cccc(OS(=O)(=O)c3ccc4ccccc4c3)c2)sc2nc3ccccc3n12. The molecular formula is C26H16N2O4S2. The molecule has 6 rings (SSSR count). The van der Waals surface area contributed by atoms with E-state index in [0.717, 1.165) is 21.8 Å². The molecule has 8 heteroatoms. The number of thiazole rings is 1. The monoisotopic (exact) mass is 484 g/mol. The van der Waals surface area contributed by atoms with Gasteiger partial charge in [0.2, 0.25) is 0 Å². The number of hydrogen-bond acceptors (Lipinski definition) is 6. The lowest BCUT2D eigenvalue weighted by Gasteiger charge is -2.08. The van der Waals surface area contributed by atoms with E-state index in [-0.39, 0.29) is 16.2 Å². The zero-order valence-corrected chi connectivity index (χ0v) is 19.2. The summed E-state index contributed by atoms with van der Waals surface area (Å²) in [7, 11) is -4.03. The quantitative estimate of drug-likeness (QED) is 0.347. The van der Waals surface area contributed by atoms with Gasteiger partial charge in [0.25, 0.3) is 5.56 Å². The van der Waals surface area contributed by atoms with Crippen LogP contribution in [0.2, 0.25) is 0 Å². The summed E-state index contributed by atoms with van der Waals surface area (Å²) in [6, 6.07) is 26.5. The van der Waals surface area contributed by atoms with Crippen LogP contribution < -0.4 is 14.3 Å². The van der Waals surface area contributed by atoms with E-state index in [1.54, 1.807) is 46.9 Å². The summed E-state index contributed by atoms with van der Waals surface area (Å²) in [6.45, 7) is 0. The van der Waals surface area contributed by atoms with Crippen molar-refractivity contribution in [3.05, 3.63) is 111 Å². The molecule has 2 heterocycles. The second-order valence-electron chi connectivity index (χ2n) is 7.75. The maximum absolute atomic E-state index is 13.0. The van der Waals surface area contributed by atoms with E-state index in [4.69, 9.17) is 4.18 Å². The Morgan fingerprint density at radius 3 is 2.53 bits per heavy atom. The highest BCUT2D eigenvalue weighted by molar-refractivity contribution is 7.87. The highest BCUT2D eigenvalue weighted by atomic mass is 32.2. The second-order valence-corrected chi connectivity index (χ2v) is 10.3. The van der Waals surface area contributed by atoms with Crippen LogP contribution in [0.3, 0.4) is 0 Å². The number of nitrogens with zero attached hydrogens (tertiary/aromatic N) is 2. The number of imidazole rings is 1. The van der Waals surface area contributed by atoms with Crippen LogP contribution in [-0.4, -0.2) is 17.8 Å². The summed E-state index contributed by atoms with van der Waals surface area (Å²) in [5.74, 6) is 0.168. The minimum absolute atomic E-state index is 0.0776. The van der Waals surface area contributed by atoms with Crippen LogP contribution in [0.25, 0.3) is 32.8 Å². The van der Waals surface area contributed by atoms with E-state index < -0.39 is 10.1 Å². The minimum Gasteiger partial charge on any atom is -0.379 e. The van der Waals surface area contributed by atoms with Crippen molar-refractivity contribution in [2.75, 3.05) is 0 Å². The molecule has 0 unspecified atom stereocenters. The largest absolute Gasteiger partial charge is 0.379 e. The summed E-state index contributed by atoms with van der Waals surface area (Å²) in [5, 5.41) is 1.76. The predicted octanol–water partition coefficient (Wildman–Crippen LogP) is 4.38. The van der Waals surface area contributed by atoms with Crippen LogP contribution in [0.4, 0.5) is 0 Å². The van der Waals surface area contributed by atoms with E-state index in [1.165, 1.54) is 17.4 Å². The van der Waals surface area contributed by atoms with Gasteiger partial charge in [0, 0.05) is 0 Å². The van der Waals surface area contributed by atoms with E-state index in [9.17, 15) is 13.2 Å². The maximum Gasteiger partial charge on any atom is 0.339 e. The fraction of sp³-hybridized carbons (Fsp3) is 0. The maximum atomic E-state index is 13.0. The summed E-state index contributed by atoms with van der Waals surface area (Å²) in [6.07, 6.45) is 1.71. The van der Waals surface area contributed by atoms with Crippen molar-refractivity contribution in [3.8, 4) is 5.75 Å². The number of fused-ring (bicyclic) bond motifs is 4. The number of para-hydroxylation sites is 2. The molecule has 0 radical (unpaired) electrons. The molecule has 0 spiro atoms. The third-order valence-corrected chi connectivity index (χ3v) is 7.73. The van der Waals surface area contributed by atoms with E-state index in [1.807, 2.05) is 48.5 Å². The highest BCUT2D eigenvalue weighted by Crippen LogP contribution is 2.24. The number of benzene rings is 4. The van der Waals surface area contributed by atoms with Crippen molar-refractivity contribution in [2.24, 2.45) is 0 Å². The summed E-state index contributed by atoms with van der Waals surface area (Å²) >= 11 is 1.29. The molecule has 0 amide bonds. The Balaban J connectivity index is 1.36. The van der Waals surface area contributed by atoms with Crippen LogP contribution >= 0.6 is 11.3 Å². The van der Waals surface area contributed by atoms with Crippen LogP contribution in [0, 0.1) is 0 Å². The lowest BCUT2D eigenvalue weighted by Crippen LogP contribution is -2.22. The Kier molecular flexibility index (Phi) is 4.72. The molecule has 0 saturated heterocycles. The van der Waals surface area contributed by atoms with Crippen molar-refractivity contribution in [1.29, 1.82) is 0 Å². The number of rotatable bonds is 4. The molecule has 166 valence electrons. The van der Waals surface area contributed by atoms with Gasteiger partial charge in [-0.2, -0.15) is 8.42 Å². The van der Waals surface area contributed by atoms with Crippen LogP contribution in [0.5, 0.6) is 5.75 Å². The molecule has 0 fully saturated rings. The van der Waals surface area contributed by atoms with Crippen LogP contribution in [0.15, 0.2) is 101 Å². The third kappa shape index (κ3) is 3.53. The smallest absolute Gasteiger partial charge is 0.339 e. The first-order valence-electron chi connectivity index (χ1n) is 10.4. The molecule has 0 aliphatic heterocycles. The molecule has 4 aromatic carbocycles. The third-order valence-electron chi connectivity index (χ3n) is 5.52. The summed E-state index contributed by atoms with van der Waals surface area (Å²) in [4.78, 5) is 18.2. The van der Waals surface area contributed by atoms with Crippen LogP contribution in [-0.2, 0) is 10.1 Å². The van der Waals surface area contributed by atoms with Crippen LogP contribution in [0.1, 0.15) is 5.56 Å². The topological polar surface area (TPSA) is 77.7 Å². The molecular weight excluding hydrogens is 468 g/mol. The van der Waals surface area contributed by atoms with Gasteiger partial charge in [-0.05, 0) is 58.8 Å². The van der Waals surface area contributed by atoms with Gasteiger partial charge < -0.3 is 4.18 Å². The Hall–Kier alpha value is -4.01. The van der Waals surface area contributed by atoms with Crippen molar-refractivity contribution in [1.82, 2.24) is 9.38 Å². The Morgan fingerprint density at radius 1 is 0.853 bits per heavy atom. The van der Waals surface area contributed by atoms with Gasteiger partial charge in [-0.1, -0.05) is 65.9 Å². The summed E-state index contributed by atoms with van der Waals surface area (Å²) in [5.41, 5.74) is 2.02. The standard InChI is InChI=1S/C26H16N2O4S2/c29-25-24(33-26-27-22-10-3-4-11-23(22)28(25)26)15-17-6-5-9-20(14-17)32-34(30,31)21-13-12-18-7-1-2-8-19(18)16-21/h1-16H/b24-15+.